The Morgan fingerprint density at radius 3 is 2.50 bits per heavy atom. The number of nitrogens with zero attached hydrogens (tertiary/aromatic N) is 2. The summed E-state index contributed by atoms with van der Waals surface area (Å²) in [6.45, 7) is 8.70. The molecule has 32 heavy (non-hydrogen) atoms. The van der Waals surface area contributed by atoms with Crippen LogP contribution >= 0.6 is 0 Å². The van der Waals surface area contributed by atoms with Gasteiger partial charge in [0.05, 0.1) is 6.42 Å². The maximum atomic E-state index is 13.0. The molecule has 1 atom stereocenters. The van der Waals surface area contributed by atoms with Gasteiger partial charge in [-0.25, -0.2) is 9.66 Å². The van der Waals surface area contributed by atoms with E-state index in [1.54, 1.807) is 12.3 Å². The predicted molar refractivity (Wildman–Crippen MR) is 128 cm³/mol. The highest BCUT2D eigenvalue weighted by Gasteiger charge is 2.14. The van der Waals surface area contributed by atoms with E-state index in [4.69, 9.17) is 5.73 Å². The molecule has 1 aromatic carbocycles. The van der Waals surface area contributed by atoms with E-state index in [9.17, 15) is 9.59 Å². The fourth-order valence-electron chi connectivity index (χ4n) is 3.71. The molecule has 1 unspecified atom stereocenters. The molecule has 0 fully saturated rings. The summed E-state index contributed by atoms with van der Waals surface area (Å²) >= 11 is 0. The number of carbonyl (C=O) groups is 1. The fourth-order valence-corrected chi connectivity index (χ4v) is 3.71. The molecule has 2 aromatic heterocycles. The van der Waals surface area contributed by atoms with Gasteiger partial charge in [0.25, 0.3) is 5.56 Å². The minimum atomic E-state index is -0.212. The van der Waals surface area contributed by atoms with Gasteiger partial charge in [-0.15, -0.1) is 0 Å². The third kappa shape index (κ3) is 5.55. The van der Waals surface area contributed by atoms with Gasteiger partial charge in [-0.2, -0.15) is 0 Å². The number of nitrogens with one attached hydrogen (secondary N) is 2. The van der Waals surface area contributed by atoms with Crippen LogP contribution in [0.1, 0.15) is 46.4 Å². The molecule has 7 nitrogen and oxygen atoms in total. The summed E-state index contributed by atoms with van der Waals surface area (Å²) in [5.74, 6) is 0.483. The van der Waals surface area contributed by atoms with Gasteiger partial charge in [-0.1, -0.05) is 37.3 Å². The number of carbonyl (C=O) groups excluding carboxylic acids is 1. The first kappa shape index (κ1) is 23.1. The molecule has 0 radical (unpaired) electrons. The number of nitrogens with two attached hydrogens (primary N) is 1. The minimum absolute atomic E-state index is 0.0158. The highest BCUT2D eigenvalue weighted by molar-refractivity contribution is 5.78. The van der Waals surface area contributed by atoms with E-state index < -0.39 is 0 Å². The van der Waals surface area contributed by atoms with E-state index in [0.29, 0.717) is 24.5 Å². The van der Waals surface area contributed by atoms with Crippen LogP contribution in [0.3, 0.4) is 0 Å². The molecule has 3 aromatic rings. The first-order chi connectivity index (χ1) is 15.3. The average molecular weight is 434 g/mol. The smallest absolute Gasteiger partial charge is 0.272 e. The lowest BCUT2D eigenvalue weighted by Gasteiger charge is -2.17. The molecule has 0 spiro atoms. The molecular weight excluding hydrogens is 402 g/mol. The summed E-state index contributed by atoms with van der Waals surface area (Å²) in [7, 11) is 0. The maximum absolute atomic E-state index is 13.0. The SMILES string of the molecule is Cc1cc(N)nc(C)c1CNC(=O)Cc1c(C)ccn(NCC(C)c2ccccc2)c1=O. The third-order valence-electron chi connectivity index (χ3n) is 5.74. The van der Waals surface area contributed by atoms with Crippen molar-refractivity contribution < 1.29 is 4.79 Å². The topological polar surface area (TPSA) is 102 Å². The van der Waals surface area contributed by atoms with E-state index in [-0.39, 0.29) is 23.8 Å². The zero-order chi connectivity index (χ0) is 23.3. The molecule has 7 heteroatoms. The molecule has 0 saturated heterocycles. The quantitative estimate of drug-likeness (QED) is 0.507. The molecule has 1 amide bonds. The Bertz CT molecular complexity index is 1130. The molecular formula is C25H31N5O2. The first-order valence-electron chi connectivity index (χ1n) is 10.8. The molecule has 0 aliphatic heterocycles. The number of pyridine rings is 2. The Kier molecular flexibility index (Phi) is 7.30. The normalized spacial score (nSPS) is 11.8. The highest BCUT2D eigenvalue weighted by atomic mass is 16.2. The Morgan fingerprint density at radius 1 is 1.09 bits per heavy atom. The van der Waals surface area contributed by atoms with Crippen LogP contribution in [0, 0.1) is 20.8 Å². The second-order valence-corrected chi connectivity index (χ2v) is 8.21. The van der Waals surface area contributed by atoms with Crippen molar-refractivity contribution in [1.82, 2.24) is 15.0 Å². The van der Waals surface area contributed by atoms with Gasteiger partial charge in [0.2, 0.25) is 5.91 Å². The van der Waals surface area contributed by atoms with Crippen molar-refractivity contribution in [1.29, 1.82) is 0 Å². The predicted octanol–water partition coefficient (Wildman–Crippen LogP) is 2.96. The van der Waals surface area contributed by atoms with Crippen molar-refractivity contribution in [2.45, 2.75) is 46.6 Å². The molecule has 3 rings (SSSR count). The van der Waals surface area contributed by atoms with Gasteiger partial charge in [-0.05, 0) is 61.1 Å². The lowest BCUT2D eigenvalue weighted by Crippen LogP contribution is -2.35. The number of aryl methyl sites for hydroxylation is 3. The molecule has 2 heterocycles. The monoisotopic (exact) mass is 433 g/mol. The molecule has 0 aliphatic carbocycles. The van der Waals surface area contributed by atoms with Crippen LogP contribution in [0.5, 0.6) is 0 Å². The Labute approximate surface area is 188 Å². The summed E-state index contributed by atoms with van der Waals surface area (Å²) in [4.78, 5) is 29.9. The van der Waals surface area contributed by atoms with Crippen molar-refractivity contribution >= 4 is 11.7 Å². The van der Waals surface area contributed by atoms with E-state index in [1.165, 1.54) is 10.2 Å². The van der Waals surface area contributed by atoms with Crippen LogP contribution in [0.4, 0.5) is 5.82 Å². The van der Waals surface area contributed by atoms with Crippen molar-refractivity contribution in [3.05, 3.63) is 92.5 Å². The van der Waals surface area contributed by atoms with Crippen LogP contribution < -0.4 is 22.0 Å². The first-order valence-corrected chi connectivity index (χ1v) is 10.8. The summed E-state index contributed by atoms with van der Waals surface area (Å²) in [5.41, 5.74) is 13.9. The molecule has 0 saturated carbocycles. The van der Waals surface area contributed by atoms with Crippen molar-refractivity contribution in [2.24, 2.45) is 0 Å². The number of hydrogen-bond donors (Lipinski definition) is 3. The van der Waals surface area contributed by atoms with Gasteiger partial charge in [-0.3, -0.25) is 9.59 Å². The number of hydrogen-bond acceptors (Lipinski definition) is 5. The van der Waals surface area contributed by atoms with Crippen LogP contribution in [-0.4, -0.2) is 22.1 Å². The summed E-state index contributed by atoms with van der Waals surface area (Å²) in [5, 5.41) is 2.91. The molecule has 4 N–H and O–H groups in total. The zero-order valence-electron chi connectivity index (χ0n) is 19.1. The Morgan fingerprint density at radius 2 is 1.81 bits per heavy atom. The van der Waals surface area contributed by atoms with Crippen LogP contribution in [-0.2, 0) is 17.8 Å². The van der Waals surface area contributed by atoms with Gasteiger partial charge >= 0.3 is 0 Å². The van der Waals surface area contributed by atoms with Crippen LogP contribution in [0.15, 0.2) is 53.5 Å². The Hall–Kier alpha value is -3.61. The maximum Gasteiger partial charge on any atom is 0.272 e. The van der Waals surface area contributed by atoms with E-state index >= 15 is 0 Å². The summed E-state index contributed by atoms with van der Waals surface area (Å²) in [6.07, 6.45) is 1.73. The minimum Gasteiger partial charge on any atom is -0.384 e. The lowest BCUT2D eigenvalue weighted by atomic mass is 10.0. The standard InChI is InChI=1S/C25H31N5O2/c1-16-10-11-30(28-14-18(3)20-8-6-5-7-9-20)25(32)21(16)13-24(31)27-15-22-17(2)12-23(26)29-19(22)4/h5-12,18,28H,13-15H2,1-4H3,(H2,26,29)(H,27,31). The third-order valence-corrected chi connectivity index (χ3v) is 5.74. The van der Waals surface area contributed by atoms with Gasteiger partial charge < -0.3 is 16.5 Å². The summed E-state index contributed by atoms with van der Waals surface area (Å²) in [6, 6.07) is 13.8. The van der Waals surface area contributed by atoms with Crippen molar-refractivity contribution in [2.75, 3.05) is 17.7 Å². The van der Waals surface area contributed by atoms with Crippen LogP contribution in [0.2, 0.25) is 0 Å². The summed E-state index contributed by atoms with van der Waals surface area (Å²) < 4.78 is 1.47. The largest absolute Gasteiger partial charge is 0.384 e. The fraction of sp³-hybridized carbons (Fsp3) is 0.320. The number of rotatable bonds is 8. The van der Waals surface area contributed by atoms with Gasteiger partial charge in [0.1, 0.15) is 5.82 Å². The van der Waals surface area contributed by atoms with Gasteiger partial charge in [0, 0.05) is 30.5 Å². The van der Waals surface area contributed by atoms with Crippen molar-refractivity contribution in [3.8, 4) is 0 Å². The lowest BCUT2D eigenvalue weighted by molar-refractivity contribution is -0.120. The Balaban J connectivity index is 1.66. The number of nitrogen functional groups attached to an aromatic ring is 1. The van der Waals surface area contributed by atoms with E-state index in [0.717, 1.165) is 22.4 Å². The number of benzene rings is 1. The molecule has 0 aliphatic rings. The number of anilines is 1. The van der Waals surface area contributed by atoms with Gasteiger partial charge in [0.15, 0.2) is 0 Å². The number of aromatic nitrogens is 2. The molecule has 0 bridgehead atoms. The highest BCUT2D eigenvalue weighted by Crippen LogP contribution is 2.15. The zero-order valence-corrected chi connectivity index (χ0v) is 19.1. The average Bonchev–Trinajstić information content (AvgIpc) is 2.75. The number of amides is 1. The molecule has 168 valence electrons. The van der Waals surface area contributed by atoms with E-state index in [1.807, 2.05) is 45.0 Å². The van der Waals surface area contributed by atoms with Crippen molar-refractivity contribution in [3.63, 3.8) is 0 Å². The second-order valence-electron chi connectivity index (χ2n) is 8.21. The second kappa shape index (κ2) is 10.1. The van der Waals surface area contributed by atoms with Crippen LogP contribution in [0.25, 0.3) is 0 Å². The van der Waals surface area contributed by atoms with E-state index in [2.05, 4.69) is 34.8 Å².